The Morgan fingerprint density at radius 3 is 2.85 bits per heavy atom. The number of esters is 1. The molecule has 1 fully saturated rings. The number of hydrogen-bond donors (Lipinski definition) is 0. The van der Waals surface area contributed by atoms with Crippen LogP contribution >= 0.6 is 15.9 Å². The van der Waals surface area contributed by atoms with Gasteiger partial charge in [0.25, 0.3) is 0 Å². The van der Waals surface area contributed by atoms with Gasteiger partial charge in [-0.25, -0.2) is 9.37 Å². The molecule has 0 N–H and O–H groups in total. The van der Waals surface area contributed by atoms with E-state index in [4.69, 9.17) is 4.74 Å². The van der Waals surface area contributed by atoms with E-state index in [9.17, 15) is 9.18 Å². The van der Waals surface area contributed by atoms with Crippen LogP contribution in [0.25, 0.3) is 0 Å². The Kier molecular flexibility index (Phi) is 5.34. The molecule has 0 atom stereocenters. The fraction of sp³-hybridized carbons (Fsp3) is 0.571. The average molecular weight is 345 g/mol. The molecular weight excluding hydrogens is 327 g/mol. The Labute approximate surface area is 126 Å². The molecule has 0 amide bonds. The van der Waals surface area contributed by atoms with Crippen molar-refractivity contribution in [1.82, 2.24) is 4.98 Å². The zero-order valence-electron chi connectivity index (χ0n) is 11.4. The summed E-state index contributed by atoms with van der Waals surface area (Å²) < 4.78 is 19.4. The number of anilines is 1. The minimum Gasteiger partial charge on any atom is -0.466 e. The summed E-state index contributed by atoms with van der Waals surface area (Å²) in [5.41, 5.74) is 0. The molecule has 1 aliphatic rings. The Hall–Kier alpha value is -1.17. The second kappa shape index (κ2) is 7.02. The second-order valence-corrected chi connectivity index (χ2v) is 5.81. The lowest BCUT2D eigenvalue weighted by atomic mass is 9.93. The third-order valence-electron chi connectivity index (χ3n) is 3.46. The number of pyridine rings is 1. The number of halogens is 2. The summed E-state index contributed by atoms with van der Waals surface area (Å²) in [4.78, 5) is 17.5. The van der Waals surface area contributed by atoms with Gasteiger partial charge in [-0.1, -0.05) is 0 Å². The van der Waals surface area contributed by atoms with Gasteiger partial charge in [-0.3, -0.25) is 4.79 Å². The highest BCUT2D eigenvalue weighted by Crippen LogP contribution is 2.27. The standard InChI is InChI=1S/C14H18BrFN2O2/c1-2-20-13(19)7-10-3-5-18(6-4-10)14-12(16)8-11(15)9-17-14/h8-10H,2-7H2,1H3. The molecule has 20 heavy (non-hydrogen) atoms. The number of rotatable bonds is 4. The smallest absolute Gasteiger partial charge is 0.306 e. The monoisotopic (exact) mass is 344 g/mol. The highest BCUT2D eigenvalue weighted by molar-refractivity contribution is 9.10. The molecule has 0 aromatic carbocycles. The van der Waals surface area contributed by atoms with Crippen LogP contribution < -0.4 is 4.90 Å². The first-order chi connectivity index (χ1) is 9.60. The molecular formula is C14H18BrFN2O2. The van der Waals surface area contributed by atoms with Crippen LogP contribution in [0.3, 0.4) is 0 Å². The van der Waals surface area contributed by atoms with E-state index in [1.54, 1.807) is 6.20 Å². The van der Waals surface area contributed by atoms with Crippen molar-refractivity contribution in [3.63, 3.8) is 0 Å². The maximum absolute atomic E-state index is 13.8. The molecule has 1 aromatic rings. The van der Waals surface area contributed by atoms with Gasteiger partial charge in [0.05, 0.1) is 6.61 Å². The predicted octanol–water partition coefficient (Wildman–Crippen LogP) is 3.15. The topological polar surface area (TPSA) is 42.4 Å². The molecule has 0 unspecified atom stereocenters. The van der Waals surface area contributed by atoms with Gasteiger partial charge < -0.3 is 9.64 Å². The van der Waals surface area contributed by atoms with Crippen molar-refractivity contribution in [3.8, 4) is 0 Å². The summed E-state index contributed by atoms with van der Waals surface area (Å²) in [6.45, 7) is 3.67. The molecule has 0 aliphatic carbocycles. The van der Waals surface area contributed by atoms with Gasteiger partial charge in [-0.05, 0) is 47.7 Å². The second-order valence-electron chi connectivity index (χ2n) is 4.90. The quantitative estimate of drug-likeness (QED) is 0.787. The Morgan fingerprint density at radius 2 is 2.25 bits per heavy atom. The fourth-order valence-electron chi connectivity index (χ4n) is 2.44. The summed E-state index contributed by atoms with van der Waals surface area (Å²) in [5, 5.41) is 0. The largest absolute Gasteiger partial charge is 0.466 e. The number of carbonyl (C=O) groups excluding carboxylic acids is 1. The summed E-state index contributed by atoms with van der Waals surface area (Å²) in [5.74, 6) is 0.258. The summed E-state index contributed by atoms with van der Waals surface area (Å²) >= 11 is 3.20. The van der Waals surface area contributed by atoms with E-state index >= 15 is 0 Å². The van der Waals surface area contributed by atoms with Crippen molar-refractivity contribution in [2.75, 3.05) is 24.6 Å². The molecule has 0 saturated carbocycles. The first kappa shape index (κ1) is 15.2. The zero-order valence-corrected chi connectivity index (χ0v) is 13.0. The maximum atomic E-state index is 13.8. The van der Waals surface area contributed by atoms with Crippen molar-refractivity contribution in [3.05, 3.63) is 22.6 Å². The van der Waals surface area contributed by atoms with Gasteiger partial charge in [0.2, 0.25) is 0 Å². The number of hydrogen-bond acceptors (Lipinski definition) is 4. The fourth-order valence-corrected chi connectivity index (χ4v) is 2.75. The van der Waals surface area contributed by atoms with Crippen molar-refractivity contribution in [2.24, 2.45) is 5.92 Å². The van der Waals surface area contributed by atoms with Crippen molar-refractivity contribution < 1.29 is 13.9 Å². The molecule has 0 bridgehead atoms. The lowest BCUT2D eigenvalue weighted by molar-refractivity contribution is -0.144. The minimum absolute atomic E-state index is 0.140. The highest BCUT2D eigenvalue weighted by atomic mass is 79.9. The van der Waals surface area contributed by atoms with Crippen LogP contribution in [-0.2, 0) is 9.53 Å². The molecule has 1 aliphatic heterocycles. The van der Waals surface area contributed by atoms with Gasteiger partial charge in [-0.15, -0.1) is 0 Å². The van der Waals surface area contributed by atoms with Crippen LogP contribution in [0.1, 0.15) is 26.2 Å². The molecule has 2 heterocycles. The molecule has 110 valence electrons. The van der Waals surface area contributed by atoms with Gasteiger partial charge in [0.15, 0.2) is 11.6 Å². The summed E-state index contributed by atoms with van der Waals surface area (Å²) in [7, 11) is 0. The molecule has 1 aromatic heterocycles. The number of ether oxygens (including phenoxy) is 1. The third kappa shape index (κ3) is 3.91. The lowest BCUT2D eigenvalue weighted by Gasteiger charge is -2.32. The van der Waals surface area contributed by atoms with E-state index in [1.807, 2.05) is 11.8 Å². The van der Waals surface area contributed by atoms with Gasteiger partial charge >= 0.3 is 5.97 Å². The lowest BCUT2D eigenvalue weighted by Crippen LogP contribution is -2.35. The number of nitrogens with zero attached hydrogens (tertiary/aromatic N) is 2. The van der Waals surface area contributed by atoms with Crippen LogP contribution in [0.5, 0.6) is 0 Å². The van der Waals surface area contributed by atoms with Crippen LogP contribution in [0.2, 0.25) is 0 Å². The van der Waals surface area contributed by atoms with Crippen LogP contribution in [0.15, 0.2) is 16.7 Å². The van der Waals surface area contributed by atoms with Crippen LogP contribution in [-0.4, -0.2) is 30.6 Å². The molecule has 4 nitrogen and oxygen atoms in total. The maximum Gasteiger partial charge on any atom is 0.306 e. The van der Waals surface area contributed by atoms with Crippen molar-refractivity contribution >= 4 is 27.7 Å². The van der Waals surface area contributed by atoms with Crippen LogP contribution in [0.4, 0.5) is 10.2 Å². The Balaban J connectivity index is 1.89. The predicted molar refractivity (Wildman–Crippen MR) is 78.1 cm³/mol. The van der Waals surface area contributed by atoms with E-state index in [2.05, 4.69) is 20.9 Å². The van der Waals surface area contributed by atoms with E-state index in [0.717, 1.165) is 25.9 Å². The zero-order chi connectivity index (χ0) is 14.5. The van der Waals surface area contributed by atoms with Crippen molar-refractivity contribution in [1.29, 1.82) is 0 Å². The minimum atomic E-state index is -0.316. The summed E-state index contributed by atoms with van der Waals surface area (Å²) in [6, 6.07) is 1.42. The molecule has 1 saturated heterocycles. The Morgan fingerprint density at radius 1 is 1.55 bits per heavy atom. The summed E-state index contributed by atoms with van der Waals surface area (Å²) in [6.07, 6.45) is 3.77. The van der Waals surface area contributed by atoms with E-state index in [1.165, 1.54) is 6.07 Å². The number of aromatic nitrogens is 1. The third-order valence-corrected chi connectivity index (χ3v) is 3.90. The molecule has 0 spiro atoms. The van der Waals surface area contributed by atoms with Gasteiger partial charge in [-0.2, -0.15) is 0 Å². The van der Waals surface area contributed by atoms with Crippen molar-refractivity contribution in [2.45, 2.75) is 26.2 Å². The average Bonchev–Trinajstić information content (AvgIpc) is 2.40. The van der Waals surface area contributed by atoms with E-state index < -0.39 is 0 Å². The first-order valence-electron chi connectivity index (χ1n) is 6.81. The first-order valence-corrected chi connectivity index (χ1v) is 7.61. The van der Waals surface area contributed by atoms with Gasteiger partial charge in [0.1, 0.15) is 0 Å². The molecule has 6 heteroatoms. The Bertz CT molecular complexity index is 476. The van der Waals surface area contributed by atoms with Gasteiger partial charge in [0, 0.05) is 30.2 Å². The highest BCUT2D eigenvalue weighted by Gasteiger charge is 2.24. The van der Waals surface area contributed by atoms with Crippen LogP contribution in [0, 0.1) is 11.7 Å². The number of carbonyl (C=O) groups is 1. The molecule has 0 radical (unpaired) electrons. The molecule has 2 rings (SSSR count). The number of piperidine rings is 1. The normalized spacial score (nSPS) is 16.2. The van der Waals surface area contributed by atoms with E-state index in [0.29, 0.717) is 29.2 Å². The van der Waals surface area contributed by atoms with E-state index in [-0.39, 0.29) is 11.8 Å². The SMILES string of the molecule is CCOC(=O)CC1CCN(c2ncc(Br)cc2F)CC1.